The van der Waals surface area contributed by atoms with E-state index in [1.807, 2.05) is 11.6 Å². The van der Waals surface area contributed by atoms with Crippen molar-refractivity contribution < 1.29 is 20.7 Å². The number of amides is 1. The van der Waals surface area contributed by atoms with Crippen LogP contribution in [0.3, 0.4) is 0 Å². The molecule has 2 aliphatic rings. The first-order valence-electron chi connectivity index (χ1n) is 15.8. The molecule has 3 aromatic heterocycles. The van der Waals surface area contributed by atoms with Crippen LogP contribution in [0.5, 0.6) is 5.88 Å². The van der Waals surface area contributed by atoms with E-state index in [-0.39, 0.29) is 40.0 Å². The van der Waals surface area contributed by atoms with Crippen molar-refractivity contribution in [2.45, 2.75) is 83.5 Å². The van der Waals surface area contributed by atoms with Crippen molar-refractivity contribution >= 4 is 33.3 Å². The van der Waals surface area contributed by atoms with Gasteiger partial charge in [-0.1, -0.05) is 38.4 Å². The first-order chi connectivity index (χ1) is 21.2. The molecule has 2 aliphatic carbocycles. The Hall–Kier alpha value is -3.18. The maximum Gasteiger partial charge on any atom is 0.281 e. The standard InChI is InChI=1S/C31H41ClN6O4S/c1-30(2)15-12-22(21-30)7-5-18-33-24-8-4-9-27(34-24)43(40,41)37-29(39)23-10-11-25(35-28(23)32)38-19-13-26(36-38)42-20-6-14-31(3)16-17-31/h4,8-11,13,19,22H,5-7,12,14-18,20-21H2,1-3H3,(H,33,34)(H,37,39)/t22-/m1/s1/i14D2. The van der Waals surface area contributed by atoms with E-state index in [1.165, 1.54) is 42.1 Å². The summed E-state index contributed by atoms with van der Waals surface area (Å²) in [4.78, 5) is 21.3. The van der Waals surface area contributed by atoms with Crippen LogP contribution in [0.4, 0.5) is 5.82 Å². The lowest BCUT2D eigenvalue weighted by molar-refractivity contribution is 0.0981. The molecule has 0 bridgehead atoms. The van der Waals surface area contributed by atoms with E-state index in [1.54, 1.807) is 24.4 Å². The van der Waals surface area contributed by atoms with E-state index in [9.17, 15) is 13.2 Å². The largest absolute Gasteiger partial charge is 0.477 e. The number of aromatic nitrogens is 4. The Bertz CT molecular complexity index is 1640. The van der Waals surface area contributed by atoms with Gasteiger partial charge in [-0.05, 0) is 98.8 Å². The SMILES string of the molecule is [2H]C([2H])(CCOc1ccn(-c2ccc(C(=O)NS(=O)(=O)c3cccc(NCCC[C@@H]4CCC(C)(C)C4)n3)c(Cl)n2)n1)C1(C)CC1. The average molecular weight is 631 g/mol. The summed E-state index contributed by atoms with van der Waals surface area (Å²) in [7, 11) is -4.29. The molecule has 1 amide bonds. The zero-order chi connectivity index (χ0) is 32.5. The molecule has 0 unspecified atom stereocenters. The molecule has 0 aliphatic heterocycles. The van der Waals surface area contributed by atoms with Gasteiger partial charge in [0.1, 0.15) is 11.0 Å². The Labute approximate surface area is 261 Å². The first kappa shape index (κ1) is 28.6. The molecular weight excluding hydrogens is 588 g/mol. The molecule has 3 aromatic rings. The van der Waals surface area contributed by atoms with Gasteiger partial charge in [0.25, 0.3) is 15.9 Å². The van der Waals surface area contributed by atoms with Gasteiger partial charge in [-0.2, -0.15) is 8.42 Å². The van der Waals surface area contributed by atoms with Crippen LogP contribution < -0.4 is 14.8 Å². The lowest BCUT2D eigenvalue weighted by Crippen LogP contribution is -2.31. The Morgan fingerprint density at radius 3 is 2.67 bits per heavy atom. The minimum atomic E-state index is -4.29. The van der Waals surface area contributed by atoms with Gasteiger partial charge < -0.3 is 10.1 Å². The number of carbonyl (C=O) groups excluding carboxylic acids is 1. The number of anilines is 1. The smallest absolute Gasteiger partial charge is 0.281 e. The van der Waals surface area contributed by atoms with Crippen molar-refractivity contribution in [3.05, 3.63) is 53.3 Å². The summed E-state index contributed by atoms with van der Waals surface area (Å²) in [5.41, 5.74) is 0.00438. The van der Waals surface area contributed by atoms with E-state index in [4.69, 9.17) is 19.1 Å². The summed E-state index contributed by atoms with van der Waals surface area (Å²) in [5, 5.41) is 6.99. The first-order valence-corrected chi connectivity index (χ1v) is 16.7. The molecule has 2 fully saturated rings. The Kier molecular flexibility index (Phi) is 8.52. The van der Waals surface area contributed by atoms with Gasteiger partial charge in [-0.15, -0.1) is 5.10 Å². The molecule has 12 heteroatoms. The number of sulfonamides is 1. The third-order valence-electron chi connectivity index (χ3n) is 8.17. The van der Waals surface area contributed by atoms with Crippen molar-refractivity contribution in [2.24, 2.45) is 16.7 Å². The summed E-state index contributed by atoms with van der Waals surface area (Å²) < 4.78 is 51.6. The fraction of sp³-hybridized carbons (Fsp3) is 0.548. The van der Waals surface area contributed by atoms with Crippen LogP contribution in [0.25, 0.3) is 5.82 Å². The van der Waals surface area contributed by atoms with E-state index in [0.29, 0.717) is 23.7 Å². The topological polar surface area (TPSA) is 128 Å². The Morgan fingerprint density at radius 1 is 1.14 bits per heavy atom. The zero-order valence-corrected chi connectivity index (χ0v) is 26.5. The molecule has 3 heterocycles. The number of halogens is 1. The van der Waals surface area contributed by atoms with Crippen LogP contribution in [0, 0.1) is 16.7 Å². The van der Waals surface area contributed by atoms with Crippen LogP contribution in [-0.4, -0.2) is 47.2 Å². The van der Waals surface area contributed by atoms with Gasteiger partial charge in [-0.3, -0.25) is 4.79 Å². The monoisotopic (exact) mass is 630 g/mol. The lowest BCUT2D eigenvalue weighted by Gasteiger charge is -2.17. The predicted molar refractivity (Wildman–Crippen MR) is 166 cm³/mol. The number of nitrogens with one attached hydrogen (secondary N) is 2. The van der Waals surface area contributed by atoms with Crippen molar-refractivity contribution in [3.63, 3.8) is 0 Å². The van der Waals surface area contributed by atoms with Crippen molar-refractivity contribution in [1.82, 2.24) is 24.5 Å². The maximum absolute atomic E-state index is 13.0. The highest BCUT2D eigenvalue weighted by atomic mass is 35.5. The van der Waals surface area contributed by atoms with E-state index in [2.05, 4.69) is 34.2 Å². The van der Waals surface area contributed by atoms with Crippen molar-refractivity contribution in [3.8, 4) is 11.7 Å². The van der Waals surface area contributed by atoms with Gasteiger partial charge >= 0.3 is 0 Å². The number of hydrogen-bond donors (Lipinski definition) is 2. The number of nitrogens with zero attached hydrogens (tertiary/aromatic N) is 4. The Morgan fingerprint density at radius 2 is 1.95 bits per heavy atom. The third kappa shape index (κ3) is 8.47. The van der Waals surface area contributed by atoms with Crippen LogP contribution in [0.2, 0.25) is 5.15 Å². The molecule has 0 spiro atoms. The van der Waals surface area contributed by atoms with Crippen LogP contribution >= 0.6 is 11.6 Å². The fourth-order valence-corrected chi connectivity index (χ4v) is 6.60. The molecule has 5 rings (SSSR count). The normalized spacial score (nSPS) is 19.8. The number of ether oxygens (including phenoxy) is 1. The van der Waals surface area contributed by atoms with Gasteiger partial charge in [0.15, 0.2) is 10.8 Å². The van der Waals surface area contributed by atoms with Crippen LogP contribution in [0.15, 0.2) is 47.6 Å². The van der Waals surface area contributed by atoms with Crippen molar-refractivity contribution in [2.75, 3.05) is 18.5 Å². The second kappa shape index (κ2) is 12.8. The van der Waals surface area contributed by atoms with Crippen LogP contribution in [-0.2, 0) is 10.0 Å². The summed E-state index contributed by atoms with van der Waals surface area (Å²) >= 11 is 6.29. The molecule has 10 nitrogen and oxygen atoms in total. The molecule has 0 aromatic carbocycles. The molecule has 1 atom stereocenters. The predicted octanol–water partition coefficient (Wildman–Crippen LogP) is 6.41. The van der Waals surface area contributed by atoms with E-state index >= 15 is 0 Å². The number of hydrogen-bond acceptors (Lipinski definition) is 8. The summed E-state index contributed by atoms with van der Waals surface area (Å²) in [6, 6.07) is 9.04. The van der Waals surface area contributed by atoms with Crippen LogP contribution in [0.1, 0.15) is 91.6 Å². The Balaban J connectivity index is 1.14. The van der Waals surface area contributed by atoms with E-state index < -0.39 is 22.3 Å². The second-order valence-corrected chi connectivity index (χ2v) is 14.6. The van der Waals surface area contributed by atoms with Gasteiger partial charge in [0.2, 0.25) is 5.88 Å². The molecule has 0 radical (unpaired) electrons. The van der Waals surface area contributed by atoms with Crippen molar-refractivity contribution in [1.29, 1.82) is 0 Å². The minimum Gasteiger partial charge on any atom is -0.477 e. The van der Waals surface area contributed by atoms with E-state index in [0.717, 1.165) is 31.6 Å². The maximum atomic E-state index is 13.0. The third-order valence-corrected chi connectivity index (χ3v) is 9.69. The molecule has 2 N–H and O–H groups in total. The average Bonchev–Trinajstić information content (AvgIpc) is 3.40. The summed E-state index contributed by atoms with van der Waals surface area (Å²) in [6.07, 6.45) is 8.12. The fourth-order valence-electron chi connectivity index (χ4n) is 5.43. The molecule has 2 saturated carbocycles. The number of pyridine rings is 2. The molecule has 0 saturated heterocycles. The molecular formula is C31H41ClN6O4S. The minimum absolute atomic E-state index is 0.132. The summed E-state index contributed by atoms with van der Waals surface area (Å²) in [5.74, 6) is 0.775. The second-order valence-electron chi connectivity index (χ2n) is 12.6. The highest BCUT2D eigenvalue weighted by Crippen LogP contribution is 2.48. The van der Waals surface area contributed by atoms with Gasteiger partial charge in [0.05, 0.1) is 12.2 Å². The lowest BCUT2D eigenvalue weighted by atomic mass is 9.89. The molecule has 232 valence electrons. The number of rotatable bonds is 14. The van der Waals surface area contributed by atoms with Gasteiger partial charge in [0, 0.05) is 21.5 Å². The molecule has 43 heavy (non-hydrogen) atoms. The summed E-state index contributed by atoms with van der Waals surface area (Å²) in [6.45, 7) is 7.42. The highest BCUT2D eigenvalue weighted by Gasteiger charge is 2.36. The quantitative estimate of drug-likeness (QED) is 0.154. The zero-order valence-electron chi connectivity index (χ0n) is 26.9. The van der Waals surface area contributed by atoms with Gasteiger partial charge in [-0.25, -0.2) is 19.4 Å². The highest BCUT2D eigenvalue weighted by molar-refractivity contribution is 7.90. The number of carbonyl (C=O) groups is 1.